The minimum Gasteiger partial charge on any atom is -0.309 e. The van der Waals surface area contributed by atoms with E-state index in [9.17, 15) is 0 Å². The van der Waals surface area contributed by atoms with Crippen LogP contribution in [0.4, 0.5) is 5.69 Å². The zero-order valence-corrected chi connectivity index (χ0v) is 80.7. The summed E-state index contributed by atoms with van der Waals surface area (Å²) < 4.78 is 27.2. The van der Waals surface area contributed by atoms with Gasteiger partial charge >= 0.3 is 0 Å². The molecule has 20 aromatic carbocycles. The van der Waals surface area contributed by atoms with Crippen LogP contribution in [-0.2, 0) is 0 Å². The van der Waals surface area contributed by atoms with Gasteiger partial charge in [0.05, 0.1) is 123 Å². The fourth-order valence-electron chi connectivity index (χ4n) is 23.0. The average molecular weight is 1910 g/mol. The molecule has 0 fully saturated rings. The molecule has 0 aliphatic carbocycles. The maximum absolute atomic E-state index is 7.45. The molecule has 13 heteroatoms. The van der Waals surface area contributed by atoms with Crippen molar-refractivity contribution in [3.63, 3.8) is 0 Å². The molecule has 31 rings (SSSR count). The van der Waals surface area contributed by atoms with Crippen LogP contribution in [0.5, 0.6) is 0 Å². The van der Waals surface area contributed by atoms with E-state index in [2.05, 4.69) is 535 Å². The number of fused-ring (bicyclic) bond motifs is 27. The van der Waals surface area contributed by atoms with Crippen molar-refractivity contribution in [3.8, 4) is 51.7 Å². The van der Waals surface area contributed by atoms with Crippen LogP contribution in [0, 0.1) is 13.5 Å². The first-order valence-corrected chi connectivity index (χ1v) is 50.1. The number of hydrogen-bond acceptors (Lipinski definition) is 2. The molecule has 0 saturated carbocycles. The van der Waals surface area contributed by atoms with E-state index >= 15 is 0 Å². The normalized spacial score (nSPS) is 11.7. The topological polar surface area (TPSA) is 74.5 Å². The van der Waals surface area contributed by atoms with Gasteiger partial charge in [-0.3, -0.25) is 18.3 Å². The van der Waals surface area contributed by atoms with E-state index in [1.807, 2.05) is 30.3 Å². The number of rotatable bonds is 9. The number of aromatic nitrogens is 11. The third-order valence-electron chi connectivity index (χ3n) is 29.0. The third-order valence-corrected chi connectivity index (χ3v) is 29.0. The van der Waals surface area contributed by atoms with Gasteiger partial charge in [-0.25, -0.2) is 14.8 Å². The van der Waals surface area contributed by atoms with E-state index in [0.29, 0.717) is 12.3 Å². The summed E-state index contributed by atoms with van der Waals surface area (Å²) in [6.45, 7) is 10.0. The zero-order chi connectivity index (χ0) is 97.8. The van der Waals surface area contributed by atoms with E-state index in [-0.39, 0.29) is 7.43 Å². The van der Waals surface area contributed by atoms with Crippen molar-refractivity contribution in [2.45, 2.75) is 14.4 Å². The second-order valence-electron chi connectivity index (χ2n) is 37.1. The molecule has 0 aliphatic heterocycles. The second kappa shape index (κ2) is 36.4. The molecule has 0 N–H and O–H groups in total. The monoisotopic (exact) mass is 1900 g/mol. The molecule has 147 heavy (non-hydrogen) atoms. The lowest BCUT2D eigenvalue weighted by Crippen LogP contribution is -2.03. The Bertz CT molecular complexity index is 9540. The SMILES string of the molecule is C.[3H]CP.[C-]#[N+]c1ccc2c(c1)c1ccccc1n2-c1cccc(-n2c3ccccc3c3cc(C)ccc32)n1.c1cc(-n2c3ccccc3c3ccccc32)cc(-n2c3ccccc3c3ccccc32)c1.c1cc(-n2c3ccccc3c3ccccc32)nc(-n2c3ccccc3c3ccccc32)c1.c1ccc2c(c1)c1ccccc1n2-c1cc(-n2c3ccccc3c3ccccc32)cc(-n2c3ccccc3c3ccccc32)c1. The highest BCUT2D eigenvalue weighted by atomic mass is 31.0. The van der Waals surface area contributed by atoms with Crippen LogP contribution in [0.15, 0.2) is 504 Å². The Morgan fingerprint density at radius 2 is 0.347 bits per heavy atom. The average Bonchev–Trinajstić information content (AvgIpc) is 1.55. The fraction of sp³-hybridized carbons (Fsp3) is 0.0224. The van der Waals surface area contributed by atoms with Crippen LogP contribution in [0.3, 0.4) is 0 Å². The van der Waals surface area contributed by atoms with Gasteiger partial charge < -0.3 is 22.8 Å². The van der Waals surface area contributed by atoms with E-state index in [4.69, 9.17) is 17.9 Å². The maximum Gasteiger partial charge on any atom is 0.188 e. The van der Waals surface area contributed by atoms with Crippen LogP contribution in [0.2, 0.25) is 0 Å². The lowest BCUT2D eigenvalue weighted by Gasteiger charge is -2.17. The summed E-state index contributed by atoms with van der Waals surface area (Å²) >= 11 is 0. The van der Waals surface area contributed by atoms with Crippen molar-refractivity contribution < 1.29 is 1.37 Å². The number of para-hydroxylation sites is 16. The van der Waals surface area contributed by atoms with E-state index in [1.165, 1.54) is 180 Å². The van der Waals surface area contributed by atoms with E-state index in [1.54, 1.807) is 0 Å². The number of benzene rings is 20. The van der Waals surface area contributed by atoms with Crippen molar-refractivity contribution >= 4 is 211 Å². The Morgan fingerprint density at radius 3 is 0.565 bits per heavy atom. The molecule has 11 aromatic heterocycles. The highest BCUT2D eigenvalue weighted by molar-refractivity contribution is 7.15. The number of pyridine rings is 2. The molecule has 0 amide bonds. The Hall–Kier alpha value is -19.2. The summed E-state index contributed by atoms with van der Waals surface area (Å²) in [4.78, 5) is 14.0. The molecule has 0 bridgehead atoms. The summed E-state index contributed by atoms with van der Waals surface area (Å²) in [6, 6.07) is 179. The molecule has 11 heterocycles. The quantitative estimate of drug-likeness (QED) is 0.107. The zero-order valence-electron chi connectivity index (χ0n) is 80.6. The molecule has 12 nitrogen and oxygen atoms in total. The Labute approximate surface area is 850 Å². The van der Waals surface area contributed by atoms with E-state index in [0.717, 1.165) is 73.2 Å². The van der Waals surface area contributed by atoms with Gasteiger partial charge in [-0.2, -0.15) is 0 Å². The molecule has 0 saturated heterocycles. The van der Waals surface area contributed by atoms with Gasteiger partial charge in [0.1, 0.15) is 23.3 Å². The molecule has 0 radical (unpaired) electrons. The molecular formula is C134H95N12P. The molecular weight excluding hydrogens is 1810 g/mol. The number of hydrogen-bond donors (Lipinski definition) is 0. The summed E-state index contributed by atoms with van der Waals surface area (Å²) in [6.07, 6.45) is 0. The minimum atomic E-state index is 0. The predicted molar refractivity (Wildman–Crippen MR) is 624 cm³/mol. The predicted octanol–water partition coefficient (Wildman–Crippen LogP) is 35.4. The van der Waals surface area contributed by atoms with Gasteiger partial charge in [-0.05, 0) is 194 Å². The minimum absolute atomic E-state index is 0. The van der Waals surface area contributed by atoms with Crippen molar-refractivity contribution in [1.82, 2.24) is 51.1 Å². The van der Waals surface area contributed by atoms with Crippen molar-refractivity contribution in [2.24, 2.45) is 0 Å². The fourth-order valence-corrected chi connectivity index (χ4v) is 23.0. The molecule has 0 aliphatic rings. The first-order valence-electron chi connectivity index (χ1n) is 50.0. The second-order valence-corrected chi connectivity index (χ2v) is 37.1. The molecule has 696 valence electrons. The van der Waals surface area contributed by atoms with Crippen LogP contribution in [0.25, 0.3) is 253 Å². The van der Waals surface area contributed by atoms with Gasteiger partial charge in [0, 0.05) is 104 Å². The van der Waals surface area contributed by atoms with Crippen LogP contribution >= 0.6 is 9.24 Å². The van der Waals surface area contributed by atoms with Crippen LogP contribution in [-0.4, -0.2) is 57.7 Å². The number of aryl methyl sites for hydroxylation is 1. The Kier molecular flexibility index (Phi) is 21.5. The first kappa shape index (κ1) is 86.9. The summed E-state index contributed by atoms with van der Waals surface area (Å²) in [5, 5.41) is 22.3. The molecule has 31 aromatic rings. The van der Waals surface area contributed by atoms with Crippen molar-refractivity contribution in [1.29, 1.82) is 0 Å². The van der Waals surface area contributed by atoms with Gasteiger partial charge in [0.15, 0.2) is 5.69 Å². The van der Waals surface area contributed by atoms with Gasteiger partial charge in [-0.15, -0.1) is 9.24 Å². The first-order chi connectivity index (χ1) is 72.8. The van der Waals surface area contributed by atoms with Crippen LogP contribution < -0.4 is 0 Å². The summed E-state index contributed by atoms with van der Waals surface area (Å²) in [7, 11) is 2.25. The van der Waals surface area contributed by atoms with Gasteiger partial charge in [-0.1, -0.05) is 341 Å². The maximum atomic E-state index is 7.45. The lowest BCUT2D eigenvalue weighted by molar-refractivity contribution is 1.01. The van der Waals surface area contributed by atoms with E-state index < -0.39 is 0 Å². The molecule has 1 atom stereocenters. The summed E-state index contributed by atoms with van der Waals surface area (Å²) in [5.41, 5.74) is 28.8. The summed E-state index contributed by atoms with van der Waals surface area (Å²) in [5.74, 6) is 3.56. The van der Waals surface area contributed by atoms with Crippen molar-refractivity contribution in [2.75, 3.05) is 6.64 Å². The number of nitrogens with zero attached hydrogens (tertiary/aromatic N) is 12. The highest BCUT2D eigenvalue weighted by Crippen LogP contribution is 2.45. The smallest absolute Gasteiger partial charge is 0.188 e. The molecule has 0 spiro atoms. The van der Waals surface area contributed by atoms with Gasteiger partial charge in [0.2, 0.25) is 0 Å². The molecule has 1 unspecified atom stereocenters. The third kappa shape index (κ3) is 14.4. The largest absolute Gasteiger partial charge is 0.309 e. The lowest BCUT2D eigenvalue weighted by atomic mass is 10.1. The standard InChI is InChI=1S/C42H27N3.C31H20N4.C30H20N2.C29H19N3.CH5P.CH4/c1-7-19-37-31(13-1)32-14-2-8-20-38(32)43(37)28-25-29(44-39-21-9-3-15-33(39)34-16-4-10-22-40(34)44)27-30(26-28)45-41-23-11-5-17-35(41)36-18-6-12-24-42(36)45;1-20-14-16-28-24(18-20)22-8-3-5-10-26(22)34(28)30-12-7-13-31(33-30)35-27-11-6-4-9-23(27)25-19-21(32-2)15-17-29(25)35;1-5-16-27-23(12-1)24-13-2-6-17-28(24)31(27)21-10-9-11-22(20-21)32-29-18-7-3-14-25(29)26-15-4-8-19-30(26)32;1-5-14-24-20(10-1)21-11-2-6-15-25(21)31(24)28-18-9-19-29(30-28)32-26-16-7-3-12-22(26)23-13-4-8-17-27(23)32;1-2;/h1-27H;3-19H,1H3;1-20H;1-19H;2H2,1H3;1H4/i;;;;1T;. The Morgan fingerprint density at radius 1 is 0.184 bits per heavy atom. The van der Waals surface area contributed by atoms with Gasteiger partial charge in [0.25, 0.3) is 0 Å². The Balaban J connectivity index is 0.0000000997. The van der Waals surface area contributed by atoms with Crippen molar-refractivity contribution in [3.05, 3.63) is 520 Å². The van der Waals surface area contributed by atoms with Crippen LogP contribution in [0.1, 0.15) is 14.4 Å². The highest BCUT2D eigenvalue weighted by Gasteiger charge is 2.25.